The molecule has 172 valence electrons. The van der Waals surface area contributed by atoms with E-state index in [1.807, 2.05) is 0 Å². The van der Waals surface area contributed by atoms with E-state index in [0.717, 1.165) is 0 Å². The van der Waals surface area contributed by atoms with E-state index in [-0.39, 0.29) is 54.8 Å². The first kappa shape index (κ1) is 23.3. The molecule has 1 atom stereocenters. The van der Waals surface area contributed by atoms with Crippen LogP contribution in [-0.4, -0.2) is 62.9 Å². The van der Waals surface area contributed by atoms with E-state index in [1.165, 1.54) is 28.0 Å². The summed E-state index contributed by atoms with van der Waals surface area (Å²) in [6.45, 7) is 3.42. The number of imidazole rings is 1. The summed E-state index contributed by atoms with van der Waals surface area (Å²) in [7, 11) is 1.47. The number of carbonyl (C=O) groups is 2. The minimum atomic E-state index is -5.16. The van der Waals surface area contributed by atoms with Crippen molar-refractivity contribution in [2.24, 2.45) is 7.05 Å². The fourth-order valence-corrected chi connectivity index (χ4v) is 3.30. The molecule has 13 heteroatoms. The van der Waals surface area contributed by atoms with Crippen LogP contribution in [0.25, 0.3) is 11.2 Å². The van der Waals surface area contributed by atoms with Gasteiger partial charge in [0.1, 0.15) is 11.6 Å². The lowest BCUT2D eigenvalue weighted by Crippen LogP contribution is -2.55. The topological polar surface area (TPSA) is 111 Å². The van der Waals surface area contributed by atoms with Gasteiger partial charge in [0.05, 0.1) is 19.5 Å². The van der Waals surface area contributed by atoms with Crippen molar-refractivity contribution in [1.82, 2.24) is 24.4 Å². The van der Waals surface area contributed by atoms with Gasteiger partial charge in [-0.3, -0.25) is 18.7 Å². The molecule has 0 amide bonds. The van der Waals surface area contributed by atoms with E-state index in [9.17, 15) is 27.6 Å². The van der Waals surface area contributed by atoms with Crippen molar-refractivity contribution in [3.8, 4) is 11.8 Å². The average Bonchev–Trinajstić information content (AvgIpc) is 3.07. The van der Waals surface area contributed by atoms with Gasteiger partial charge >= 0.3 is 12.1 Å². The Kier molecular flexibility index (Phi) is 6.54. The highest BCUT2D eigenvalue weighted by molar-refractivity contribution is 5.79. The van der Waals surface area contributed by atoms with Crippen LogP contribution in [-0.2, 0) is 34.3 Å². The number of aromatic nitrogens is 4. The van der Waals surface area contributed by atoms with E-state index in [4.69, 9.17) is 0 Å². The number of carbonyl (C=O) groups excluding carboxylic acids is 2. The highest BCUT2D eigenvalue weighted by Gasteiger charge is 2.44. The molecule has 0 aliphatic carbocycles. The number of Topliss-reactive ketones (excluding diaryl/α,β-unsaturated/α-hetero) is 1. The fraction of sp³-hybridized carbons (Fsp3) is 0.526. The zero-order valence-electron chi connectivity index (χ0n) is 17.6. The molecule has 0 bridgehead atoms. The van der Waals surface area contributed by atoms with E-state index in [2.05, 4.69) is 31.9 Å². The van der Waals surface area contributed by atoms with Gasteiger partial charge in [-0.1, -0.05) is 5.92 Å². The maximum Gasteiger partial charge on any atom is 0.491 e. The van der Waals surface area contributed by atoms with Crippen LogP contribution in [0.15, 0.2) is 4.79 Å². The normalized spacial score (nSPS) is 16.6. The molecule has 2 aromatic rings. The molecule has 32 heavy (non-hydrogen) atoms. The van der Waals surface area contributed by atoms with Crippen molar-refractivity contribution < 1.29 is 27.5 Å². The predicted molar refractivity (Wildman–Crippen MR) is 107 cm³/mol. The Balaban J connectivity index is 2.15. The third-order valence-corrected chi connectivity index (χ3v) is 4.81. The molecule has 10 nitrogen and oxygen atoms in total. The number of piperazine rings is 1. The van der Waals surface area contributed by atoms with Crippen LogP contribution in [0.3, 0.4) is 0 Å². The van der Waals surface area contributed by atoms with Crippen LogP contribution in [0.5, 0.6) is 0 Å². The molecular weight excluding hydrogens is 433 g/mol. The first-order valence-corrected chi connectivity index (χ1v) is 9.65. The number of rotatable bonds is 5. The van der Waals surface area contributed by atoms with Crippen molar-refractivity contribution in [3.05, 3.63) is 16.2 Å². The van der Waals surface area contributed by atoms with Crippen molar-refractivity contribution in [2.75, 3.05) is 24.5 Å². The second kappa shape index (κ2) is 8.99. The third-order valence-electron chi connectivity index (χ3n) is 4.81. The summed E-state index contributed by atoms with van der Waals surface area (Å²) in [6.07, 6.45) is -6.56. The van der Waals surface area contributed by atoms with Crippen LogP contribution >= 0.6 is 0 Å². The molecule has 1 fully saturated rings. The van der Waals surface area contributed by atoms with Crippen LogP contribution in [0.2, 0.25) is 0 Å². The number of halogens is 3. The summed E-state index contributed by atoms with van der Waals surface area (Å²) in [5.74, 6) is 3.27. The third kappa shape index (κ3) is 4.59. The minimum absolute atomic E-state index is 0.00910. The summed E-state index contributed by atoms with van der Waals surface area (Å²) in [5, 5.41) is 2.87. The molecule has 0 spiro atoms. The zero-order valence-corrected chi connectivity index (χ0v) is 17.6. The lowest BCUT2D eigenvalue weighted by molar-refractivity contribution is -0.205. The molecule has 3 rings (SSSR count). The monoisotopic (exact) mass is 454 g/mol. The maximum atomic E-state index is 13.0. The van der Waals surface area contributed by atoms with E-state index >= 15 is 0 Å². The molecule has 2 aromatic heterocycles. The Hall–Kier alpha value is -3.40. The van der Waals surface area contributed by atoms with Crippen molar-refractivity contribution >= 4 is 28.9 Å². The Morgan fingerprint density at radius 3 is 2.66 bits per heavy atom. The molecule has 0 radical (unpaired) electrons. The Morgan fingerprint density at radius 1 is 1.31 bits per heavy atom. The molecule has 1 unspecified atom stereocenters. The second-order valence-corrected chi connectivity index (χ2v) is 7.12. The van der Waals surface area contributed by atoms with Gasteiger partial charge < -0.3 is 15.0 Å². The largest absolute Gasteiger partial charge is 0.491 e. The Morgan fingerprint density at radius 2 is 2.03 bits per heavy atom. The maximum absolute atomic E-state index is 13.0. The number of nitrogens with one attached hydrogen (secondary N) is 1. The van der Waals surface area contributed by atoms with Gasteiger partial charge in [-0.15, -0.1) is 5.92 Å². The molecule has 0 aromatic carbocycles. The van der Waals surface area contributed by atoms with Gasteiger partial charge in [0.2, 0.25) is 5.95 Å². The lowest BCUT2D eigenvalue weighted by Gasteiger charge is -2.36. The van der Waals surface area contributed by atoms with E-state index < -0.39 is 23.9 Å². The molecule has 3 heterocycles. The van der Waals surface area contributed by atoms with Crippen LogP contribution in [0.1, 0.15) is 19.7 Å². The van der Waals surface area contributed by atoms with Gasteiger partial charge in [0.25, 0.3) is 5.56 Å². The van der Waals surface area contributed by atoms with Crippen LogP contribution in [0, 0.1) is 11.8 Å². The van der Waals surface area contributed by atoms with Gasteiger partial charge in [0.15, 0.2) is 17.4 Å². The van der Waals surface area contributed by atoms with Gasteiger partial charge in [0, 0.05) is 20.1 Å². The lowest BCUT2D eigenvalue weighted by atomic mass is 10.3. The van der Waals surface area contributed by atoms with Crippen molar-refractivity contribution in [2.45, 2.75) is 39.2 Å². The number of esters is 1. The Bertz CT molecular complexity index is 1170. The molecule has 0 saturated carbocycles. The summed E-state index contributed by atoms with van der Waals surface area (Å²) in [5.41, 5.74) is -0.379. The number of ether oxygens (including phenoxy) is 1. The van der Waals surface area contributed by atoms with E-state index in [1.54, 1.807) is 6.92 Å². The number of ketones is 1. The molecular formula is C19H21F3N6O4. The minimum Gasteiger partial charge on any atom is -0.433 e. The second-order valence-electron chi connectivity index (χ2n) is 7.12. The van der Waals surface area contributed by atoms with Crippen molar-refractivity contribution in [3.63, 3.8) is 0 Å². The fourth-order valence-electron chi connectivity index (χ4n) is 3.30. The summed E-state index contributed by atoms with van der Waals surface area (Å²) in [4.78, 5) is 46.1. The quantitative estimate of drug-likeness (QED) is 0.501. The van der Waals surface area contributed by atoms with Gasteiger partial charge in [-0.2, -0.15) is 18.2 Å². The molecule has 1 saturated heterocycles. The smallest absolute Gasteiger partial charge is 0.433 e. The number of hydrogen-bond acceptors (Lipinski definition) is 8. The van der Waals surface area contributed by atoms with E-state index in [0.29, 0.717) is 6.54 Å². The number of anilines is 1. The summed E-state index contributed by atoms with van der Waals surface area (Å²) in [6, 6.07) is 0. The summed E-state index contributed by atoms with van der Waals surface area (Å²) < 4.78 is 45.6. The van der Waals surface area contributed by atoms with Crippen LogP contribution < -0.4 is 15.8 Å². The first-order chi connectivity index (χ1) is 15.0. The number of alkyl halides is 3. The molecule has 1 N–H and O–H groups in total. The highest BCUT2D eigenvalue weighted by Crippen LogP contribution is 2.25. The number of fused-ring (bicyclic) bond motifs is 1. The molecule has 1 aliphatic rings. The predicted octanol–water partition coefficient (Wildman–Crippen LogP) is 0.126. The highest BCUT2D eigenvalue weighted by atomic mass is 19.4. The first-order valence-electron chi connectivity index (χ1n) is 9.65. The standard InChI is InChI=1S/C19H21F3N6O4/c1-4-5-7-28-14-15(24-12(9-11(2)29)26(3)16(14)30)25-18(28)27-8-6-23-10-13(27)32-17(31)19(20,21)22/h13,23H,6-10H2,1-3H3. The average molecular weight is 454 g/mol. The SMILES string of the molecule is CC#CCn1c(N2CCNCC2OC(=O)C(F)(F)F)nc2nc(CC(C)=O)n(C)c(=O)c21. The van der Waals surface area contributed by atoms with Crippen molar-refractivity contribution in [1.29, 1.82) is 0 Å². The summed E-state index contributed by atoms with van der Waals surface area (Å²) >= 11 is 0. The Labute approximate surface area is 180 Å². The van der Waals surface area contributed by atoms with Gasteiger partial charge in [-0.25, -0.2) is 9.78 Å². The zero-order chi connectivity index (χ0) is 23.6. The van der Waals surface area contributed by atoms with Crippen LogP contribution in [0.4, 0.5) is 19.1 Å². The van der Waals surface area contributed by atoms with Gasteiger partial charge in [-0.05, 0) is 13.8 Å². The number of nitrogens with zero attached hydrogens (tertiary/aromatic N) is 5. The number of hydrogen-bond donors (Lipinski definition) is 1. The molecule has 1 aliphatic heterocycles.